The molecule has 0 aliphatic heterocycles. The number of benzene rings is 2. The highest BCUT2D eigenvalue weighted by Crippen LogP contribution is 2.29. The van der Waals surface area contributed by atoms with Crippen LogP contribution in [0.15, 0.2) is 47.4 Å². The summed E-state index contributed by atoms with van der Waals surface area (Å²) in [6, 6.07) is 9.31. The molecule has 0 spiro atoms. The van der Waals surface area contributed by atoms with Gasteiger partial charge in [0.25, 0.3) is 0 Å². The summed E-state index contributed by atoms with van der Waals surface area (Å²) in [4.78, 5) is 11.9. The van der Waals surface area contributed by atoms with Crippen LogP contribution in [0.25, 0.3) is 0 Å². The molecule has 0 unspecified atom stereocenters. The first-order chi connectivity index (χ1) is 12.4. The molecule has 2 aromatic rings. The monoisotopic (exact) mass is 382 g/mol. The smallest absolute Gasteiger partial charge is 0.240 e. The van der Waals surface area contributed by atoms with Gasteiger partial charge in [-0.15, -0.1) is 0 Å². The molecule has 2 aromatic carbocycles. The van der Waals surface area contributed by atoms with E-state index in [1.54, 1.807) is 18.2 Å². The van der Waals surface area contributed by atoms with E-state index in [4.69, 9.17) is 9.47 Å². The number of halogens is 1. The molecule has 0 radical (unpaired) electrons. The summed E-state index contributed by atoms with van der Waals surface area (Å²) >= 11 is 0. The Kier molecular flexibility index (Phi) is 6.53. The van der Waals surface area contributed by atoms with Crippen LogP contribution < -0.4 is 19.5 Å². The fraction of sp³-hybridized carbons (Fsp3) is 0.235. The lowest BCUT2D eigenvalue weighted by Crippen LogP contribution is -2.27. The molecule has 1 amide bonds. The predicted octanol–water partition coefficient (Wildman–Crippen LogP) is 2.15. The lowest BCUT2D eigenvalue weighted by Gasteiger charge is -2.12. The molecule has 0 fully saturated rings. The summed E-state index contributed by atoms with van der Waals surface area (Å²) in [5.41, 5.74) is 0.444. The average molecular weight is 382 g/mol. The number of anilines is 1. The highest BCUT2D eigenvalue weighted by atomic mass is 32.2. The first-order valence-electron chi connectivity index (χ1n) is 7.63. The van der Waals surface area contributed by atoms with E-state index < -0.39 is 21.7 Å². The third-order valence-corrected chi connectivity index (χ3v) is 4.93. The highest BCUT2D eigenvalue weighted by molar-refractivity contribution is 7.89. The SMILES string of the molecule is COc1ccc(NC(=O)CCNS(=O)(=O)c2ccc(F)cc2)c(OC)c1. The van der Waals surface area contributed by atoms with Crippen molar-refractivity contribution in [2.24, 2.45) is 0 Å². The number of hydrogen-bond donors (Lipinski definition) is 2. The quantitative estimate of drug-likeness (QED) is 0.730. The van der Waals surface area contributed by atoms with Crippen LogP contribution in [0.3, 0.4) is 0 Å². The Bertz CT molecular complexity index is 869. The fourth-order valence-electron chi connectivity index (χ4n) is 2.11. The molecule has 0 aromatic heterocycles. The molecule has 0 aliphatic rings. The second-order valence-corrected chi connectivity index (χ2v) is 6.98. The van der Waals surface area contributed by atoms with Crippen LogP contribution >= 0.6 is 0 Å². The van der Waals surface area contributed by atoms with Crippen LogP contribution in [0.1, 0.15) is 6.42 Å². The molecule has 2 rings (SSSR count). The van der Waals surface area contributed by atoms with Gasteiger partial charge >= 0.3 is 0 Å². The Labute approximate surface area is 151 Å². The largest absolute Gasteiger partial charge is 0.497 e. The van der Waals surface area contributed by atoms with Crippen molar-refractivity contribution in [1.29, 1.82) is 0 Å². The van der Waals surface area contributed by atoms with Crippen molar-refractivity contribution in [2.75, 3.05) is 26.1 Å². The average Bonchev–Trinajstić information content (AvgIpc) is 2.62. The van der Waals surface area contributed by atoms with Crippen LogP contribution in [0, 0.1) is 5.82 Å². The normalized spacial score (nSPS) is 11.0. The Balaban J connectivity index is 1.92. The second-order valence-electron chi connectivity index (χ2n) is 5.22. The van der Waals surface area contributed by atoms with Crippen molar-refractivity contribution in [3.8, 4) is 11.5 Å². The topological polar surface area (TPSA) is 93.7 Å². The summed E-state index contributed by atoms with van der Waals surface area (Å²) in [5, 5.41) is 2.64. The van der Waals surface area contributed by atoms with E-state index in [2.05, 4.69) is 10.0 Å². The summed E-state index contributed by atoms with van der Waals surface area (Å²) < 4.78 is 49.5. The van der Waals surface area contributed by atoms with Gasteiger partial charge in [-0.05, 0) is 36.4 Å². The standard InChI is InChI=1S/C17H19FN2O5S/c1-24-13-5-8-15(16(11-13)25-2)20-17(21)9-10-19-26(22,23)14-6-3-12(18)4-7-14/h3-8,11,19H,9-10H2,1-2H3,(H,20,21). The summed E-state index contributed by atoms with van der Waals surface area (Å²) in [5.74, 6) is 0.0727. The van der Waals surface area contributed by atoms with Gasteiger partial charge in [-0.2, -0.15) is 0 Å². The number of carbonyl (C=O) groups excluding carboxylic acids is 1. The van der Waals surface area contributed by atoms with Gasteiger partial charge in [-0.25, -0.2) is 17.5 Å². The van der Waals surface area contributed by atoms with Crippen LogP contribution in [0.2, 0.25) is 0 Å². The molecule has 0 saturated carbocycles. The van der Waals surface area contributed by atoms with Crippen LogP contribution in [-0.4, -0.2) is 35.1 Å². The van der Waals surface area contributed by atoms with Gasteiger partial charge in [0.15, 0.2) is 0 Å². The zero-order valence-electron chi connectivity index (χ0n) is 14.3. The molecule has 0 heterocycles. The van der Waals surface area contributed by atoms with E-state index in [0.29, 0.717) is 17.2 Å². The summed E-state index contributed by atoms with van der Waals surface area (Å²) in [7, 11) is -0.832. The van der Waals surface area contributed by atoms with Crippen molar-refractivity contribution < 1.29 is 27.1 Å². The maximum absolute atomic E-state index is 12.9. The number of amides is 1. The number of rotatable bonds is 8. The van der Waals surface area contributed by atoms with Gasteiger partial charge in [0.2, 0.25) is 15.9 Å². The fourth-order valence-corrected chi connectivity index (χ4v) is 3.14. The van der Waals surface area contributed by atoms with Gasteiger partial charge < -0.3 is 14.8 Å². The Hall–Kier alpha value is -2.65. The molecule has 0 atom stereocenters. The molecular formula is C17H19FN2O5S. The molecule has 0 aliphatic carbocycles. The van der Waals surface area contributed by atoms with Crippen molar-refractivity contribution in [3.05, 3.63) is 48.3 Å². The van der Waals surface area contributed by atoms with Gasteiger partial charge in [-0.3, -0.25) is 4.79 Å². The first-order valence-corrected chi connectivity index (χ1v) is 9.11. The lowest BCUT2D eigenvalue weighted by atomic mass is 10.2. The van der Waals surface area contributed by atoms with Crippen molar-refractivity contribution in [3.63, 3.8) is 0 Å². The zero-order valence-corrected chi connectivity index (χ0v) is 15.1. The van der Waals surface area contributed by atoms with Crippen molar-refractivity contribution >= 4 is 21.6 Å². The molecule has 140 valence electrons. The third kappa shape index (κ3) is 5.17. The Morgan fingerprint density at radius 3 is 2.38 bits per heavy atom. The minimum absolute atomic E-state index is 0.0730. The summed E-state index contributed by atoms with van der Waals surface area (Å²) in [6.45, 7) is -0.107. The minimum atomic E-state index is -3.81. The van der Waals surface area contributed by atoms with E-state index in [1.807, 2.05) is 0 Å². The molecule has 7 nitrogen and oxygen atoms in total. The van der Waals surface area contributed by atoms with Crippen LogP contribution in [0.4, 0.5) is 10.1 Å². The Morgan fingerprint density at radius 1 is 1.08 bits per heavy atom. The Morgan fingerprint density at radius 2 is 1.77 bits per heavy atom. The maximum Gasteiger partial charge on any atom is 0.240 e. The van der Waals surface area contributed by atoms with E-state index in [0.717, 1.165) is 24.3 Å². The van der Waals surface area contributed by atoms with Gasteiger partial charge in [-0.1, -0.05) is 0 Å². The molecule has 0 saturated heterocycles. The number of sulfonamides is 1. The molecule has 9 heteroatoms. The second kappa shape index (κ2) is 8.63. The first kappa shape index (κ1) is 19.7. The summed E-state index contributed by atoms with van der Waals surface area (Å²) in [6.07, 6.45) is -0.0877. The van der Waals surface area contributed by atoms with Crippen molar-refractivity contribution in [2.45, 2.75) is 11.3 Å². The van der Waals surface area contributed by atoms with Gasteiger partial charge in [0.1, 0.15) is 17.3 Å². The number of carbonyl (C=O) groups is 1. The maximum atomic E-state index is 12.9. The number of nitrogens with one attached hydrogen (secondary N) is 2. The highest BCUT2D eigenvalue weighted by Gasteiger charge is 2.15. The van der Waals surface area contributed by atoms with E-state index in [1.165, 1.54) is 14.2 Å². The molecular weight excluding hydrogens is 363 g/mol. The van der Waals surface area contributed by atoms with E-state index >= 15 is 0 Å². The lowest BCUT2D eigenvalue weighted by molar-refractivity contribution is -0.116. The number of ether oxygens (including phenoxy) is 2. The van der Waals surface area contributed by atoms with E-state index in [-0.39, 0.29) is 17.9 Å². The predicted molar refractivity (Wildman–Crippen MR) is 94.4 cm³/mol. The third-order valence-electron chi connectivity index (χ3n) is 3.45. The van der Waals surface area contributed by atoms with Crippen LogP contribution in [0.5, 0.6) is 11.5 Å². The molecule has 2 N–H and O–H groups in total. The van der Waals surface area contributed by atoms with Gasteiger partial charge in [0.05, 0.1) is 24.8 Å². The van der Waals surface area contributed by atoms with Gasteiger partial charge in [0, 0.05) is 19.0 Å². The number of methoxy groups -OCH3 is 2. The van der Waals surface area contributed by atoms with E-state index in [9.17, 15) is 17.6 Å². The van der Waals surface area contributed by atoms with Crippen molar-refractivity contribution in [1.82, 2.24) is 4.72 Å². The zero-order chi connectivity index (χ0) is 19.2. The number of hydrogen-bond acceptors (Lipinski definition) is 5. The molecule has 26 heavy (non-hydrogen) atoms. The minimum Gasteiger partial charge on any atom is -0.497 e. The molecule has 0 bridgehead atoms. The van der Waals surface area contributed by atoms with Crippen LogP contribution in [-0.2, 0) is 14.8 Å².